The van der Waals surface area contributed by atoms with Gasteiger partial charge in [0.15, 0.2) is 0 Å². The van der Waals surface area contributed by atoms with Crippen molar-refractivity contribution < 1.29 is 9.59 Å². The standard InChI is InChI=1S/C11H13NO2S/c1-11(2,3)15-10(14)9(13)8-6-4-5-7-12-8/h4-7H,1-3H3. The number of Topliss-reactive ketones (excluding diaryl/α,β-unsaturated/α-hetero) is 1. The van der Waals surface area contributed by atoms with E-state index in [9.17, 15) is 9.59 Å². The number of carbonyl (C=O) groups is 2. The molecule has 1 heterocycles. The molecular formula is C11H13NO2S. The first-order valence-corrected chi connectivity index (χ1v) is 5.40. The molecule has 80 valence electrons. The molecule has 0 amide bonds. The average Bonchev–Trinajstić information content (AvgIpc) is 2.15. The lowest BCUT2D eigenvalue weighted by molar-refractivity contribution is -0.107. The van der Waals surface area contributed by atoms with Crippen molar-refractivity contribution in [3.8, 4) is 0 Å². The van der Waals surface area contributed by atoms with Crippen LogP contribution in [0.4, 0.5) is 0 Å². The number of rotatable bonds is 2. The topological polar surface area (TPSA) is 47.0 Å². The SMILES string of the molecule is CC(C)(C)SC(=O)C(=O)c1ccccn1. The number of hydrogen-bond acceptors (Lipinski definition) is 4. The zero-order valence-corrected chi connectivity index (χ0v) is 9.80. The number of pyridine rings is 1. The molecule has 1 aromatic heterocycles. The molecule has 0 radical (unpaired) electrons. The number of thioether (sulfide) groups is 1. The Balaban J connectivity index is 2.75. The van der Waals surface area contributed by atoms with Crippen molar-refractivity contribution >= 4 is 22.7 Å². The second kappa shape index (κ2) is 4.57. The maximum absolute atomic E-state index is 11.6. The van der Waals surface area contributed by atoms with Crippen molar-refractivity contribution in [1.29, 1.82) is 0 Å². The largest absolute Gasteiger partial charge is 0.282 e. The summed E-state index contributed by atoms with van der Waals surface area (Å²) in [6.07, 6.45) is 1.50. The third-order valence-corrected chi connectivity index (χ3v) is 2.46. The summed E-state index contributed by atoms with van der Waals surface area (Å²) >= 11 is 1.03. The summed E-state index contributed by atoms with van der Waals surface area (Å²) in [5.41, 5.74) is 0.208. The summed E-state index contributed by atoms with van der Waals surface area (Å²) in [4.78, 5) is 27.0. The van der Waals surface area contributed by atoms with Crippen molar-refractivity contribution in [2.24, 2.45) is 0 Å². The first-order chi connectivity index (χ1) is 6.90. The van der Waals surface area contributed by atoms with Crippen molar-refractivity contribution in [2.45, 2.75) is 25.5 Å². The van der Waals surface area contributed by atoms with Crippen LogP contribution in [0, 0.1) is 0 Å². The van der Waals surface area contributed by atoms with E-state index in [0.717, 1.165) is 11.8 Å². The minimum atomic E-state index is -0.532. The molecule has 0 saturated heterocycles. The maximum atomic E-state index is 11.6. The molecule has 0 N–H and O–H groups in total. The van der Waals surface area contributed by atoms with Gasteiger partial charge in [-0.25, -0.2) is 0 Å². The van der Waals surface area contributed by atoms with Gasteiger partial charge in [0.25, 0.3) is 10.9 Å². The first-order valence-electron chi connectivity index (χ1n) is 4.59. The molecule has 0 aliphatic carbocycles. The lowest BCUT2D eigenvalue weighted by Gasteiger charge is -2.14. The highest BCUT2D eigenvalue weighted by molar-refractivity contribution is 8.16. The Morgan fingerprint density at radius 3 is 2.40 bits per heavy atom. The Hall–Kier alpha value is -1.16. The molecule has 0 atom stereocenters. The third-order valence-electron chi connectivity index (χ3n) is 1.48. The van der Waals surface area contributed by atoms with Crippen LogP contribution in [0.15, 0.2) is 24.4 Å². The lowest BCUT2D eigenvalue weighted by Crippen LogP contribution is -2.19. The van der Waals surface area contributed by atoms with Crippen LogP contribution in [-0.4, -0.2) is 20.6 Å². The lowest BCUT2D eigenvalue weighted by atomic mass is 10.2. The van der Waals surface area contributed by atoms with Crippen LogP contribution in [-0.2, 0) is 4.79 Å². The summed E-state index contributed by atoms with van der Waals surface area (Å²) in [7, 11) is 0. The Morgan fingerprint density at radius 2 is 1.93 bits per heavy atom. The molecule has 1 rings (SSSR count). The van der Waals surface area contributed by atoms with Gasteiger partial charge in [-0.05, 0) is 12.1 Å². The van der Waals surface area contributed by atoms with E-state index in [1.165, 1.54) is 6.20 Å². The summed E-state index contributed by atoms with van der Waals surface area (Å²) in [6, 6.07) is 4.94. The van der Waals surface area contributed by atoms with Crippen LogP contribution in [0.2, 0.25) is 0 Å². The number of nitrogens with zero attached hydrogens (tertiary/aromatic N) is 1. The highest BCUT2D eigenvalue weighted by Gasteiger charge is 2.24. The van der Waals surface area contributed by atoms with Crippen molar-refractivity contribution in [2.75, 3.05) is 0 Å². The number of aromatic nitrogens is 1. The zero-order chi connectivity index (χ0) is 11.5. The van der Waals surface area contributed by atoms with Gasteiger partial charge in [0, 0.05) is 10.9 Å². The van der Waals surface area contributed by atoms with Crippen molar-refractivity contribution in [1.82, 2.24) is 4.98 Å². The van der Waals surface area contributed by atoms with E-state index in [1.807, 2.05) is 20.8 Å². The first kappa shape index (κ1) is 11.9. The summed E-state index contributed by atoms with van der Waals surface area (Å²) in [5.74, 6) is -0.532. The van der Waals surface area contributed by atoms with Crippen LogP contribution in [0.3, 0.4) is 0 Å². The quantitative estimate of drug-likeness (QED) is 0.570. The number of hydrogen-bond donors (Lipinski definition) is 0. The molecule has 15 heavy (non-hydrogen) atoms. The minimum Gasteiger partial charge on any atom is -0.282 e. The van der Waals surface area contributed by atoms with Gasteiger partial charge in [0.05, 0.1) is 0 Å². The third kappa shape index (κ3) is 3.83. The van der Waals surface area contributed by atoms with Crippen LogP contribution in [0.5, 0.6) is 0 Å². The molecular weight excluding hydrogens is 210 g/mol. The van der Waals surface area contributed by atoms with Crippen LogP contribution >= 0.6 is 11.8 Å². The highest BCUT2D eigenvalue weighted by Crippen LogP contribution is 2.24. The maximum Gasteiger partial charge on any atom is 0.262 e. The van der Waals surface area contributed by atoms with Gasteiger partial charge in [-0.3, -0.25) is 14.6 Å². The number of carbonyl (C=O) groups excluding carboxylic acids is 2. The van der Waals surface area contributed by atoms with Gasteiger partial charge < -0.3 is 0 Å². The summed E-state index contributed by atoms with van der Waals surface area (Å²) in [6.45, 7) is 5.67. The van der Waals surface area contributed by atoms with Gasteiger partial charge in [-0.1, -0.05) is 38.6 Å². The van der Waals surface area contributed by atoms with Crippen LogP contribution < -0.4 is 0 Å². The predicted octanol–water partition coefficient (Wildman–Crippen LogP) is 2.32. The van der Waals surface area contributed by atoms with Crippen LogP contribution in [0.1, 0.15) is 31.3 Å². The molecule has 0 spiro atoms. The second-order valence-electron chi connectivity index (χ2n) is 4.05. The molecule has 0 bridgehead atoms. The van der Waals surface area contributed by atoms with Crippen LogP contribution in [0.25, 0.3) is 0 Å². The molecule has 4 heteroatoms. The Bertz CT molecular complexity index is 368. The number of ketones is 1. The Morgan fingerprint density at radius 1 is 1.27 bits per heavy atom. The van der Waals surface area contributed by atoms with E-state index in [1.54, 1.807) is 18.2 Å². The second-order valence-corrected chi connectivity index (χ2v) is 5.85. The fourth-order valence-corrected chi connectivity index (χ4v) is 1.68. The highest BCUT2D eigenvalue weighted by atomic mass is 32.2. The van der Waals surface area contributed by atoms with E-state index in [4.69, 9.17) is 0 Å². The molecule has 3 nitrogen and oxygen atoms in total. The molecule has 0 aromatic carbocycles. The fraction of sp³-hybridized carbons (Fsp3) is 0.364. The van der Waals surface area contributed by atoms with Gasteiger partial charge >= 0.3 is 0 Å². The van der Waals surface area contributed by atoms with E-state index < -0.39 is 10.9 Å². The molecule has 0 fully saturated rings. The average molecular weight is 223 g/mol. The minimum absolute atomic E-state index is 0.208. The Kier molecular flexibility index (Phi) is 3.63. The monoisotopic (exact) mass is 223 g/mol. The van der Waals surface area contributed by atoms with E-state index in [0.29, 0.717) is 0 Å². The van der Waals surface area contributed by atoms with Gasteiger partial charge in [-0.2, -0.15) is 0 Å². The van der Waals surface area contributed by atoms with Gasteiger partial charge in [0.2, 0.25) is 0 Å². The van der Waals surface area contributed by atoms with Crippen molar-refractivity contribution in [3.63, 3.8) is 0 Å². The molecule has 0 aliphatic heterocycles. The van der Waals surface area contributed by atoms with E-state index in [-0.39, 0.29) is 10.4 Å². The smallest absolute Gasteiger partial charge is 0.262 e. The molecule has 0 aliphatic rings. The van der Waals surface area contributed by atoms with Crippen molar-refractivity contribution in [3.05, 3.63) is 30.1 Å². The zero-order valence-electron chi connectivity index (χ0n) is 8.98. The molecule has 0 unspecified atom stereocenters. The summed E-state index contributed by atoms with van der Waals surface area (Å²) in [5, 5.41) is -0.457. The molecule has 1 aromatic rings. The Labute approximate surface area is 93.3 Å². The normalized spacial score (nSPS) is 11.1. The summed E-state index contributed by atoms with van der Waals surface area (Å²) < 4.78 is -0.248. The fourth-order valence-electron chi connectivity index (χ4n) is 0.926. The van der Waals surface area contributed by atoms with Gasteiger partial charge in [-0.15, -0.1) is 0 Å². The van der Waals surface area contributed by atoms with E-state index >= 15 is 0 Å². The van der Waals surface area contributed by atoms with Gasteiger partial charge in [0.1, 0.15) is 5.69 Å². The predicted molar refractivity (Wildman–Crippen MR) is 60.9 cm³/mol. The molecule has 0 saturated carbocycles. The van der Waals surface area contributed by atoms with E-state index in [2.05, 4.69) is 4.98 Å².